The number of nitrogens with zero attached hydrogens (tertiary/aromatic N) is 1. The number of carbonyl (C=O) groups is 2. The molecular formula is C17H16N2O5. The van der Waals surface area contributed by atoms with Crippen molar-refractivity contribution in [3.8, 4) is 0 Å². The van der Waals surface area contributed by atoms with Gasteiger partial charge >= 0.3 is 5.97 Å². The molecule has 0 aliphatic rings. The average molecular weight is 328 g/mol. The molecule has 0 bridgehead atoms. The third-order valence-electron chi connectivity index (χ3n) is 3.31. The van der Waals surface area contributed by atoms with Crippen LogP contribution in [0.2, 0.25) is 0 Å². The van der Waals surface area contributed by atoms with Gasteiger partial charge in [-0.05, 0) is 32.0 Å². The number of carbonyl (C=O) groups excluding carboxylic acids is 2. The molecule has 24 heavy (non-hydrogen) atoms. The van der Waals surface area contributed by atoms with Gasteiger partial charge in [0, 0.05) is 11.3 Å². The highest BCUT2D eigenvalue weighted by atomic mass is 16.6. The first-order chi connectivity index (χ1) is 11.4. The Labute approximate surface area is 138 Å². The Morgan fingerprint density at radius 3 is 2.42 bits per heavy atom. The summed E-state index contributed by atoms with van der Waals surface area (Å²) < 4.78 is 4.88. The first-order valence-electron chi connectivity index (χ1n) is 7.16. The topological polar surface area (TPSA) is 98.5 Å². The van der Waals surface area contributed by atoms with Gasteiger partial charge in [-0.3, -0.25) is 14.9 Å². The fraction of sp³-hybridized carbons (Fsp3) is 0.176. The Bertz CT molecular complexity index is 784. The van der Waals surface area contributed by atoms with Crippen molar-refractivity contribution in [3.63, 3.8) is 0 Å². The van der Waals surface area contributed by atoms with Crippen molar-refractivity contribution in [3.05, 3.63) is 69.3 Å². The maximum Gasteiger partial charge on any atom is 0.345 e. The van der Waals surface area contributed by atoms with Crippen molar-refractivity contribution in [2.45, 2.75) is 13.8 Å². The zero-order valence-corrected chi connectivity index (χ0v) is 13.2. The molecule has 2 aromatic carbocycles. The van der Waals surface area contributed by atoms with Crippen molar-refractivity contribution < 1.29 is 19.2 Å². The van der Waals surface area contributed by atoms with E-state index in [-0.39, 0.29) is 11.3 Å². The second kappa shape index (κ2) is 7.36. The number of hydrogen-bond acceptors (Lipinski definition) is 5. The highest BCUT2D eigenvalue weighted by Crippen LogP contribution is 2.23. The number of anilines is 1. The minimum absolute atomic E-state index is 0.178. The molecule has 0 aliphatic heterocycles. The maximum atomic E-state index is 12.0. The zero-order valence-electron chi connectivity index (χ0n) is 13.2. The van der Waals surface area contributed by atoms with Crippen LogP contribution < -0.4 is 5.32 Å². The molecule has 124 valence electrons. The number of hydrogen-bond donors (Lipinski definition) is 1. The number of nitro groups is 1. The van der Waals surface area contributed by atoms with Crippen LogP contribution >= 0.6 is 0 Å². The van der Waals surface area contributed by atoms with Crippen LogP contribution in [0.3, 0.4) is 0 Å². The molecule has 0 radical (unpaired) electrons. The van der Waals surface area contributed by atoms with Gasteiger partial charge in [-0.2, -0.15) is 0 Å². The Morgan fingerprint density at radius 2 is 1.79 bits per heavy atom. The minimum atomic E-state index is -0.913. The SMILES string of the molecule is Cc1ccc(NC(=O)COC(=O)c2cccc(C)c2[N+](=O)[O-])cc1. The van der Waals surface area contributed by atoms with E-state index in [0.717, 1.165) is 5.56 Å². The summed E-state index contributed by atoms with van der Waals surface area (Å²) >= 11 is 0. The van der Waals surface area contributed by atoms with Crippen LogP contribution in [0.5, 0.6) is 0 Å². The van der Waals surface area contributed by atoms with E-state index in [1.807, 2.05) is 19.1 Å². The quantitative estimate of drug-likeness (QED) is 0.517. The fourth-order valence-corrected chi connectivity index (χ4v) is 2.11. The number of rotatable bonds is 5. The fourth-order valence-electron chi connectivity index (χ4n) is 2.11. The number of aryl methyl sites for hydroxylation is 2. The number of amides is 1. The monoisotopic (exact) mass is 328 g/mol. The van der Waals surface area contributed by atoms with E-state index in [2.05, 4.69) is 5.32 Å². The molecule has 2 rings (SSSR count). The molecule has 1 N–H and O–H groups in total. The van der Waals surface area contributed by atoms with Crippen molar-refractivity contribution in [2.24, 2.45) is 0 Å². The minimum Gasteiger partial charge on any atom is -0.452 e. The van der Waals surface area contributed by atoms with Gasteiger partial charge in [0.05, 0.1) is 4.92 Å². The third-order valence-corrected chi connectivity index (χ3v) is 3.31. The van der Waals surface area contributed by atoms with E-state index >= 15 is 0 Å². The van der Waals surface area contributed by atoms with E-state index in [0.29, 0.717) is 11.3 Å². The van der Waals surface area contributed by atoms with Crippen molar-refractivity contribution in [1.82, 2.24) is 0 Å². The normalized spacial score (nSPS) is 10.1. The molecule has 0 saturated carbocycles. The van der Waals surface area contributed by atoms with Crippen molar-refractivity contribution in [2.75, 3.05) is 11.9 Å². The third kappa shape index (κ3) is 4.16. The Morgan fingerprint density at radius 1 is 1.12 bits per heavy atom. The summed E-state index contributed by atoms with van der Waals surface area (Å²) in [6.45, 7) is 2.92. The molecule has 7 heteroatoms. The molecule has 7 nitrogen and oxygen atoms in total. The molecule has 0 atom stereocenters. The molecule has 0 aliphatic carbocycles. The van der Waals surface area contributed by atoms with Crippen molar-refractivity contribution >= 4 is 23.3 Å². The predicted molar refractivity (Wildman–Crippen MR) is 87.9 cm³/mol. The number of nitro benzene ring substituents is 1. The van der Waals surface area contributed by atoms with E-state index in [4.69, 9.17) is 4.74 Å². The molecule has 0 fully saturated rings. The Hall–Kier alpha value is -3.22. The average Bonchev–Trinajstić information content (AvgIpc) is 2.54. The molecule has 0 heterocycles. The van der Waals surface area contributed by atoms with E-state index in [1.54, 1.807) is 12.1 Å². The first-order valence-corrected chi connectivity index (χ1v) is 7.16. The van der Waals surface area contributed by atoms with Crippen LogP contribution in [0.25, 0.3) is 0 Å². The highest BCUT2D eigenvalue weighted by Gasteiger charge is 2.24. The molecule has 2 aromatic rings. The Balaban J connectivity index is 2.00. The second-order valence-corrected chi connectivity index (χ2v) is 5.22. The molecule has 0 spiro atoms. The largest absolute Gasteiger partial charge is 0.452 e. The highest BCUT2D eigenvalue weighted by molar-refractivity contribution is 5.97. The van der Waals surface area contributed by atoms with Crippen LogP contribution in [-0.4, -0.2) is 23.4 Å². The summed E-state index contributed by atoms with van der Waals surface area (Å²) in [4.78, 5) is 34.2. The zero-order chi connectivity index (χ0) is 17.7. The number of esters is 1. The van der Waals surface area contributed by atoms with E-state index in [1.165, 1.54) is 25.1 Å². The van der Waals surface area contributed by atoms with Gasteiger partial charge in [-0.15, -0.1) is 0 Å². The smallest absolute Gasteiger partial charge is 0.345 e. The lowest BCUT2D eigenvalue weighted by Crippen LogP contribution is -2.21. The van der Waals surface area contributed by atoms with Gasteiger partial charge in [-0.1, -0.05) is 29.8 Å². The second-order valence-electron chi connectivity index (χ2n) is 5.22. The van der Waals surface area contributed by atoms with Crippen LogP contribution in [0.4, 0.5) is 11.4 Å². The van der Waals surface area contributed by atoms with Crippen molar-refractivity contribution in [1.29, 1.82) is 0 Å². The first kappa shape index (κ1) is 17.1. The summed E-state index contributed by atoms with van der Waals surface area (Å²) in [5.74, 6) is -1.44. The van der Waals surface area contributed by atoms with Crippen LogP contribution in [-0.2, 0) is 9.53 Å². The van der Waals surface area contributed by atoms with Gasteiger partial charge < -0.3 is 10.1 Å². The van der Waals surface area contributed by atoms with Crippen LogP contribution in [0, 0.1) is 24.0 Å². The van der Waals surface area contributed by atoms with Gasteiger partial charge in [0.1, 0.15) is 5.56 Å². The summed E-state index contributed by atoms with van der Waals surface area (Å²) in [5.41, 5.74) is 1.47. The lowest BCUT2D eigenvalue weighted by molar-refractivity contribution is -0.385. The van der Waals surface area contributed by atoms with E-state index in [9.17, 15) is 19.7 Å². The van der Waals surface area contributed by atoms with Crippen LogP contribution in [0.15, 0.2) is 42.5 Å². The summed E-state index contributed by atoms with van der Waals surface area (Å²) in [6, 6.07) is 11.5. The Kier molecular flexibility index (Phi) is 5.26. The molecular weight excluding hydrogens is 312 g/mol. The van der Waals surface area contributed by atoms with Gasteiger partial charge in [0.2, 0.25) is 0 Å². The van der Waals surface area contributed by atoms with Gasteiger partial charge in [0.15, 0.2) is 6.61 Å². The van der Waals surface area contributed by atoms with Gasteiger partial charge in [-0.25, -0.2) is 4.79 Å². The van der Waals surface area contributed by atoms with E-state index < -0.39 is 23.4 Å². The van der Waals surface area contributed by atoms with Crippen LogP contribution in [0.1, 0.15) is 21.5 Å². The maximum absolute atomic E-state index is 12.0. The number of para-hydroxylation sites is 1. The summed E-state index contributed by atoms with van der Waals surface area (Å²) in [5, 5.41) is 13.6. The number of benzene rings is 2. The molecule has 0 saturated heterocycles. The predicted octanol–water partition coefficient (Wildman–Crippen LogP) is 3.01. The molecule has 0 unspecified atom stereocenters. The lowest BCUT2D eigenvalue weighted by atomic mass is 10.1. The summed E-state index contributed by atoms with van der Waals surface area (Å²) in [7, 11) is 0. The lowest BCUT2D eigenvalue weighted by Gasteiger charge is -2.08. The van der Waals surface area contributed by atoms with Gasteiger partial charge in [0.25, 0.3) is 11.6 Å². The molecule has 0 aromatic heterocycles. The number of ether oxygens (including phenoxy) is 1. The standard InChI is InChI=1S/C17H16N2O5/c1-11-6-8-13(9-7-11)18-15(20)10-24-17(21)14-5-3-4-12(2)16(14)19(22)23/h3-9H,10H2,1-2H3,(H,18,20). The molecule has 1 amide bonds. The number of nitrogens with one attached hydrogen (secondary N) is 1. The summed E-state index contributed by atoms with van der Waals surface area (Å²) in [6.07, 6.45) is 0.